The topological polar surface area (TPSA) is 47.3 Å². The van der Waals surface area contributed by atoms with Crippen molar-refractivity contribution in [2.75, 3.05) is 13.1 Å². The Kier molecular flexibility index (Phi) is 4.20. The second kappa shape index (κ2) is 6.26. The number of aromatic nitrogens is 1. The van der Waals surface area contributed by atoms with E-state index in [0.29, 0.717) is 24.0 Å². The van der Waals surface area contributed by atoms with Gasteiger partial charge in [-0.25, -0.2) is 9.37 Å². The summed E-state index contributed by atoms with van der Waals surface area (Å²) >= 11 is 0. The molecule has 3 rings (SSSR count). The van der Waals surface area contributed by atoms with E-state index in [1.54, 1.807) is 18.5 Å². The zero-order chi connectivity index (χ0) is 14.7. The zero-order valence-corrected chi connectivity index (χ0v) is 12.0. The summed E-state index contributed by atoms with van der Waals surface area (Å²) in [7, 11) is 0. The van der Waals surface area contributed by atoms with Crippen molar-refractivity contribution in [3.63, 3.8) is 0 Å². The maximum atomic E-state index is 13.3. The molecule has 1 aliphatic heterocycles. The molecule has 21 heavy (non-hydrogen) atoms. The molecular formula is C16H19FN2O2. The van der Waals surface area contributed by atoms with Gasteiger partial charge in [0, 0.05) is 12.5 Å². The molecule has 0 spiro atoms. The molecule has 0 amide bonds. The fourth-order valence-corrected chi connectivity index (χ4v) is 2.73. The van der Waals surface area contributed by atoms with Gasteiger partial charge in [0.25, 0.3) is 0 Å². The quantitative estimate of drug-likeness (QED) is 0.919. The SMILES string of the molecule is CCc1cc(F)ccc1OC(c1ncco1)C1CCNC1. The monoisotopic (exact) mass is 290 g/mol. The first-order chi connectivity index (χ1) is 10.3. The largest absolute Gasteiger partial charge is 0.480 e. The molecule has 2 aromatic rings. The molecule has 4 nitrogen and oxygen atoms in total. The van der Waals surface area contributed by atoms with Gasteiger partial charge in [-0.1, -0.05) is 6.92 Å². The van der Waals surface area contributed by atoms with E-state index >= 15 is 0 Å². The maximum absolute atomic E-state index is 13.3. The van der Waals surface area contributed by atoms with Gasteiger partial charge in [-0.15, -0.1) is 0 Å². The minimum absolute atomic E-state index is 0.241. The van der Waals surface area contributed by atoms with Crippen LogP contribution in [-0.4, -0.2) is 18.1 Å². The molecule has 1 aromatic heterocycles. The third kappa shape index (κ3) is 3.08. The summed E-state index contributed by atoms with van der Waals surface area (Å²) in [4.78, 5) is 4.24. The number of nitrogens with one attached hydrogen (secondary N) is 1. The van der Waals surface area contributed by atoms with Crippen LogP contribution in [-0.2, 0) is 6.42 Å². The van der Waals surface area contributed by atoms with E-state index in [1.807, 2.05) is 6.92 Å². The van der Waals surface area contributed by atoms with Crippen LogP contribution in [0.25, 0.3) is 0 Å². The molecule has 0 bridgehead atoms. The van der Waals surface area contributed by atoms with Crippen molar-refractivity contribution in [2.45, 2.75) is 25.9 Å². The van der Waals surface area contributed by atoms with Gasteiger partial charge in [0.2, 0.25) is 5.89 Å². The van der Waals surface area contributed by atoms with Crippen LogP contribution in [0.3, 0.4) is 0 Å². The van der Waals surface area contributed by atoms with Gasteiger partial charge < -0.3 is 14.5 Å². The first kappa shape index (κ1) is 14.1. The molecule has 2 atom stereocenters. The number of hydrogen-bond acceptors (Lipinski definition) is 4. The van der Waals surface area contributed by atoms with Gasteiger partial charge >= 0.3 is 0 Å². The molecule has 0 radical (unpaired) electrons. The van der Waals surface area contributed by atoms with E-state index in [0.717, 1.165) is 25.1 Å². The molecule has 2 heterocycles. The van der Waals surface area contributed by atoms with Gasteiger partial charge in [0.05, 0.1) is 6.20 Å². The number of benzene rings is 1. The number of ether oxygens (including phenoxy) is 1. The first-order valence-electron chi connectivity index (χ1n) is 7.33. The molecule has 5 heteroatoms. The second-order valence-corrected chi connectivity index (χ2v) is 5.27. The molecule has 1 saturated heterocycles. The highest BCUT2D eigenvalue weighted by Gasteiger charge is 2.31. The van der Waals surface area contributed by atoms with Crippen LogP contribution in [0.5, 0.6) is 5.75 Å². The number of halogens is 1. The Morgan fingerprint density at radius 3 is 3.10 bits per heavy atom. The third-order valence-corrected chi connectivity index (χ3v) is 3.88. The lowest BCUT2D eigenvalue weighted by atomic mass is 10.0. The molecular weight excluding hydrogens is 271 g/mol. The lowest BCUT2D eigenvalue weighted by Gasteiger charge is -2.23. The maximum Gasteiger partial charge on any atom is 0.235 e. The Labute approximate surface area is 123 Å². The molecule has 0 saturated carbocycles. The van der Waals surface area contributed by atoms with Crippen LogP contribution in [0.15, 0.2) is 35.1 Å². The molecule has 112 valence electrons. The Morgan fingerprint density at radius 2 is 2.43 bits per heavy atom. The summed E-state index contributed by atoms with van der Waals surface area (Å²) in [6.45, 7) is 3.82. The van der Waals surface area contributed by atoms with Crippen LogP contribution in [0.4, 0.5) is 4.39 Å². The predicted molar refractivity (Wildman–Crippen MR) is 76.6 cm³/mol. The van der Waals surface area contributed by atoms with Crippen molar-refractivity contribution in [1.29, 1.82) is 0 Å². The number of hydrogen-bond donors (Lipinski definition) is 1. The highest BCUT2D eigenvalue weighted by Crippen LogP contribution is 2.33. The molecule has 1 aliphatic rings. The van der Waals surface area contributed by atoms with Crippen LogP contribution < -0.4 is 10.1 Å². The second-order valence-electron chi connectivity index (χ2n) is 5.27. The van der Waals surface area contributed by atoms with Crippen molar-refractivity contribution in [3.8, 4) is 5.75 Å². The lowest BCUT2D eigenvalue weighted by Crippen LogP contribution is -2.22. The van der Waals surface area contributed by atoms with E-state index in [2.05, 4.69) is 10.3 Å². The van der Waals surface area contributed by atoms with Crippen molar-refractivity contribution in [3.05, 3.63) is 47.9 Å². The van der Waals surface area contributed by atoms with E-state index in [9.17, 15) is 4.39 Å². The van der Waals surface area contributed by atoms with Crippen LogP contribution >= 0.6 is 0 Å². The number of nitrogens with zero attached hydrogens (tertiary/aromatic N) is 1. The minimum atomic E-state index is -0.245. The third-order valence-electron chi connectivity index (χ3n) is 3.88. The average molecular weight is 290 g/mol. The van der Waals surface area contributed by atoms with Gasteiger partial charge in [0.1, 0.15) is 17.8 Å². The van der Waals surface area contributed by atoms with Gasteiger partial charge in [-0.05, 0) is 43.1 Å². The number of oxazole rings is 1. The van der Waals surface area contributed by atoms with E-state index < -0.39 is 0 Å². The van der Waals surface area contributed by atoms with E-state index in [1.165, 1.54) is 12.1 Å². The summed E-state index contributed by atoms with van der Waals surface area (Å²) in [5, 5.41) is 3.33. The Morgan fingerprint density at radius 1 is 1.52 bits per heavy atom. The highest BCUT2D eigenvalue weighted by atomic mass is 19.1. The number of rotatable bonds is 5. The van der Waals surface area contributed by atoms with Gasteiger partial charge in [-0.3, -0.25) is 0 Å². The standard InChI is InChI=1S/C16H19FN2O2/c1-2-11-9-13(17)3-4-14(11)21-15(12-5-6-18-10-12)16-19-7-8-20-16/h3-4,7-9,12,15,18H,2,5-6,10H2,1H3. The fourth-order valence-electron chi connectivity index (χ4n) is 2.73. The number of aryl methyl sites for hydroxylation is 1. The average Bonchev–Trinajstić information content (AvgIpc) is 3.19. The Hall–Kier alpha value is -1.88. The van der Waals surface area contributed by atoms with Crippen LogP contribution in [0.2, 0.25) is 0 Å². The molecule has 1 fully saturated rings. The Balaban J connectivity index is 1.87. The van der Waals surface area contributed by atoms with Crippen molar-refractivity contribution in [2.24, 2.45) is 5.92 Å². The summed E-state index contributed by atoms with van der Waals surface area (Å²) in [6, 6.07) is 4.63. The summed E-state index contributed by atoms with van der Waals surface area (Å²) < 4.78 is 24.9. The Bertz CT molecular complexity index is 580. The lowest BCUT2D eigenvalue weighted by molar-refractivity contribution is 0.113. The van der Waals surface area contributed by atoms with E-state index in [-0.39, 0.29) is 11.9 Å². The van der Waals surface area contributed by atoms with Crippen LogP contribution in [0, 0.1) is 11.7 Å². The molecule has 1 N–H and O–H groups in total. The van der Waals surface area contributed by atoms with Crippen molar-refractivity contribution < 1.29 is 13.5 Å². The minimum Gasteiger partial charge on any atom is -0.480 e. The van der Waals surface area contributed by atoms with Crippen molar-refractivity contribution >= 4 is 0 Å². The van der Waals surface area contributed by atoms with Crippen LogP contribution in [0.1, 0.15) is 30.9 Å². The molecule has 0 aliphatic carbocycles. The molecule has 2 unspecified atom stereocenters. The van der Waals surface area contributed by atoms with Gasteiger partial charge in [0.15, 0.2) is 6.10 Å². The summed E-state index contributed by atoms with van der Waals surface area (Å²) in [5.74, 6) is 1.34. The zero-order valence-electron chi connectivity index (χ0n) is 12.0. The first-order valence-corrected chi connectivity index (χ1v) is 7.33. The predicted octanol–water partition coefficient (Wildman–Crippen LogP) is 3.11. The summed E-state index contributed by atoms with van der Waals surface area (Å²) in [5.41, 5.74) is 0.859. The van der Waals surface area contributed by atoms with Gasteiger partial charge in [-0.2, -0.15) is 0 Å². The van der Waals surface area contributed by atoms with Crippen molar-refractivity contribution in [1.82, 2.24) is 10.3 Å². The fraction of sp³-hybridized carbons (Fsp3) is 0.438. The van der Waals surface area contributed by atoms with E-state index in [4.69, 9.17) is 9.15 Å². The highest BCUT2D eigenvalue weighted by molar-refractivity contribution is 5.34. The molecule has 1 aromatic carbocycles. The normalized spacial score (nSPS) is 19.6. The smallest absolute Gasteiger partial charge is 0.235 e. The summed E-state index contributed by atoms with van der Waals surface area (Å²) in [6.07, 6.45) is 4.66.